The number of nitrogens with one attached hydrogen (secondary N) is 2. The molecule has 146 valence electrons. The van der Waals surface area contributed by atoms with E-state index in [0.29, 0.717) is 11.5 Å². The van der Waals surface area contributed by atoms with E-state index in [0.717, 1.165) is 17.9 Å². The van der Waals surface area contributed by atoms with E-state index in [1.54, 1.807) is 6.33 Å². The van der Waals surface area contributed by atoms with Crippen molar-refractivity contribution in [2.24, 2.45) is 5.41 Å². The number of aromatic nitrogens is 3. The summed E-state index contributed by atoms with van der Waals surface area (Å²) in [6.07, 6.45) is 6.76. The lowest BCUT2D eigenvalue weighted by atomic mass is 9.75. The van der Waals surface area contributed by atoms with Crippen molar-refractivity contribution in [2.45, 2.75) is 59.0 Å². The number of hydrogen-bond acceptors (Lipinski definition) is 3. The molecule has 0 atom stereocenters. The molecule has 1 saturated carbocycles. The third-order valence-electron chi connectivity index (χ3n) is 6.09. The molecule has 1 aromatic heterocycles. The molecule has 0 bridgehead atoms. The topological polar surface area (TPSA) is 53.6 Å². The van der Waals surface area contributed by atoms with Gasteiger partial charge in [-0.2, -0.15) is 5.10 Å². The molecule has 0 radical (unpaired) electrons. The number of H-pyrrole nitrogens is 1. The summed E-state index contributed by atoms with van der Waals surface area (Å²) in [6.45, 7) is 7.88. The Morgan fingerprint density at radius 1 is 1.07 bits per heavy atom. The monoisotopic (exact) mass is 374 g/mol. The Labute approximate surface area is 167 Å². The van der Waals surface area contributed by atoms with Gasteiger partial charge in [-0.05, 0) is 72.4 Å². The Hall–Kier alpha value is -2.46. The molecule has 4 nitrogen and oxygen atoms in total. The minimum absolute atomic E-state index is 0.521. The van der Waals surface area contributed by atoms with Gasteiger partial charge in [-0.1, -0.05) is 44.2 Å². The second-order valence-corrected chi connectivity index (χ2v) is 8.88. The van der Waals surface area contributed by atoms with E-state index in [1.807, 2.05) is 0 Å². The van der Waals surface area contributed by atoms with Gasteiger partial charge in [0, 0.05) is 18.2 Å². The highest BCUT2D eigenvalue weighted by atomic mass is 15.2. The molecule has 0 spiro atoms. The summed E-state index contributed by atoms with van der Waals surface area (Å²) in [5, 5.41) is 10.7. The fourth-order valence-electron chi connectivity index (χ4n) is 4.19. The van der Waals surface area contributed by atoms with Gasteiger partial charge in [-0.15, -0.1) is 0 Å². The maximum atomic E-state index is 4.25. The van der Waals surface area contributed by atoms with Crippen LogP contribution in [0.25, 0.3) is 22.5 Å². The van der Waals surface area contributed by atoms with Crippen LogP contribution in [0.2, 0.25) is 0 Å². The first-order valence-electron chi connectivity index (χ1n) is 10.3. The predicted octanol–water partition coefficient (Wildman–Crippen LogP) is 5.51. The molecule has 0 aliphatic heterocycles. The van der Waals surface area contributed by atoms with Crippen LogP contribution in [0, 0.1) is 12.3 Å². The van der Waals surface area contributed by atoms with Gasteiger partial charge in [-0.3, -0.25) is 5.10 Å². The average molecular weight is 375 g/mol. The van der Waals surface area contributed by atoms with Crippen LogP contribution in [0.4, 0.5) is 0 Å². The minimum Gasteiger partial charge on any atom is -0.310 e. The molecule has 2 aromatic carbocycles. The molecule has 0 unspecified atom stereocenters. The predicted molar refractivity (Wildman–Crippen MR) is 115 cm³/mol. The first kappa shape index (κ1) is 18.9. The molecule has 0 amide bonds. The zero-order valence-corrected chi connectivity index (χ0v) is 17.1. The highest BCUT2D eigenvalue weighted by molar-refractivity contribution is 5.71. The van der Waals surface area contributed by atoms with Gasteiger partial charge in [-0.25, -0.2) is 4.98 Å². The van der Waals surface area contributed by atoms with Crippen molar-refractivity contribution in [1.82, 2.24) is 20.5 Å². The molecular formula is C24H30N4. The highest BCUT2D eigenvalue weighted by Gasteiger charge is 2.26. The van der Waals surface area contributed by atoms with Crippen molar-refractivity contribution in [3.63, 3.8) is 0 Å². The van der Waals surface area contributed by atoms with Crippen LogP contribution in [0.1, 0.15) is 50.7 Å². The van der Waals surface area contributed by atoms with E-state index in [2.05, 4.69) is 83.7 Å². The molecule has 4 rings (SSSR count). The Morgan fingerprint density at radius 3 is 2.61 bits per heavy atom. The van der Waals surface area contributed by atoms with Crippen LogP contribution in [0.3, 0.4) is 0 Å². The van der Waals surface area contributed by atoms with E-state index in [9.17, 15) is 0 Å². The normalized spacial score (nSPS) is 17.0. The van der Waals surface area contributed by atoms with Crippen LogP contribution in [-0.4, -0.2) is 21.2 Å². The summed E-state index contributed by atoms with van der Waals surface area (Å²) in [5.41, 5.74) is 6.72. The zero-order valence-electron chi connectivity index (χ0n) is 17.1. The van der Waals surface area contributed by atoms with E-state index < -0.39 is 0 Å². The SMILES string of the molecule is Cc1cc(-c2ncn[nH]2)ccc1-c1cccc(CNC2CCC(C)(C)CC2)c1. The second kappa shape index (κ2) is 7.88. The van der Waals surface area contributed by atoms with Crippen LogP contribution >= 0.6 is 0 Å². The maximum absolute atomic E-state index is 4.25. The van der Waals surface area contributed by atoms with Gasteiger partial charge in [0.15, 0.2) is 5.82 Å². The quantitative estimate of drug-likeness (QED) is 0.619. The number of aryl methyl sites for hydroxylation is 1. The smallest absolute Gasteiger partial charge is 0.155 e. The fraction of sp³-hybridized carbons (Fsp3) is 0.417. The Morgan fingerprint density at radius 2 is 1.89 bits per heavy atom. The summed E-state index contributed by atoms with van der Waals surface area (Å²) in [5.74, 6) is 0.809. The number of aromatic amines is 1. The molecule has 3 aromatic rings. The Kier molecular flexibility index (Phi) is 5.31. The standard InChI is InChI=1S/C24H30N4/c1-17-13-20(23-26-16-27-28-23)7-8-22(17)19-6-4-5-18(14-19)15-25-21-9-11-24(2,3)12-10-21/h4-8,13-14,16,21,25H,9-12,15H2,1-3H3,(H,26,27,28). The van der Waals surface area contributed by atoms with Gasteiger partial charge in [0.2, 0.25) is 0 Å². The third-order valence-corrected chi connectivity index (χ3v) is 6.09. The lowest BCUT2D eigenvalue weighted by Crippen LogP contribution is -2.35. The van der Waals surface area contributed by atoms with Crippen molar-refractivity contribution in [2.75, 3.05) is 0 Å². The maximum Gasteiger partial charge on any atom is 0.155 e. The lowest BCUT2D eigenvalue weighted by Gasteiger charge is -2.34. The average Bonchev–Trinajstić information content (AvgIpc) is 3.22. The first-order chi connectivity index (χ1) is 13.5. The van der Waals surface area contributed by atoms with Crippen LogP contribution in [-0.2, 0) is 6.54 Å². The van der Waals surface area contributed by atoms with E-state index in [1.165, 1.54) is 47.9 Å². The van der Waals surface area contributed by atoms with Gasteiger partial charge >= 0.3 is 0 Å². The van der Waals surface area contributed by atoms with Gasteiger partial charge in [0.05, 0.1) is 0 Å². The molecule has 1 aliphatic rings. The van der Waals surface area contributed by atoms with E-state index in [-0.39, 0.29) is 0 Å². The number of hydrogen-bond donors (Lipinski definition) is 2. The molecule has 28 heavy (non-hydrogen) atoms. The largest absolute Gasteiger partial charge is 0.310 e. The second-order valence-electron chi connectivity index (χ2n) is 8.88. The van der Waals surface area contributed by atoms with E-state index in [4.69, 9.17) is 0 Å². The van der Waals surface area contributed by atoms with Gasteiger partial charge < -0.3 is 5.32 Å². The summed E-state index contributed by atoms with van der Waals surface area (Å²) in [6, 6.07) is 16.0. The number of nitrogens with zero attached hydrogens (tertiary/aromatic N) is 2. The number of rotatable bonds is 5. The Balaban J connectivity index is 1.45. The lowest BCUT2D eigenvalue weighted by molar-refractivity contribution is 0.206. The summed E-state index contributed by atoms with van der Waals surface area (Å²) in [7, 11) is 0. The summed E-state index contributed by atoms with van der Waals surface area (Å²) in [4.78, 5) is 4.25. The molecule has 1 aliphatic carbocycles. The molecule has 4 heteroatoms. The molecule has 0 saturated heterocycles. The zero-order chi connectivity index (χ0) is 19.6. The summed E-state index contributed by atoms with van der Waals surface area (Å²) < 4.78 is 0. The van der Waals surface area contributed by atoms with E-state index >= 15 is 0 Å². The van der Waals surface area contributed by atoms with Crippen molar-refractivity contribution in [3.8, 4) is 22.5 Å². The molecule has 2 N–H and O–H groups in total. The first-order valence-corrected chi connectivity index (χ1v) is 10.3. The van der Waals surface area contributed by atoms with Crippen molar-refractivity contribution in [1.29, 1.82) is 0 Å². The molecule has 1 fully saturated rings. The molecule has 1 heterocycles. The number of benzene rings is 2. The molecular weight excluding hydrogens is 344 g/mol. The van der Waals surface area contributed by atoms with Gasteiger partial charge in [0.1, 0.15) is 6.33 Å². The van der Waals surface area contributed by atoms with Crippen molar-refractivity contribution < 1.29 is 0 Å². The van der Waals surface area contributed by atoms with Crippen LogP contribution in [0.15, 0.2) is 48.8 Å². The van der Waals surface area contributed by atoms with Gasteiger partial charge in [0.25, 0.3) is 0 Å². The van der Waals surface area contributed by atoms with Crippen LogP contribution in [0.5, 0.6) is 0 Å². The van der Waals surface area contributed by atoms with Crippen LogP contribution < -0.4 is 5.32 Å². The third kappa shape index (κ3) is 4.33. The minimum atomic E-state index is 0.521. The highest BCUT2D eigenvalue weighted by Crippen LogP contribution is 2.35. The van der Waals surface area contributed by atoms with Crippen molar-refractivity contribution >= 4 is 0 Å². The summed E-state index contributed by atoms with van der Waals surface area (Å²) >= 11 is 0. The Bertz CT molecular complexity index is 918. The van der Waals surface area contributed by atoms with Crippen molar-refractivity contribution in [3.05, 3.63) is 59.9 Å². The fourth-order valence-corrected chi connectivity index (χ4v) is 4.19.